The number of carbonyl (C=O) groups excluding carboxylic acids is 1. The fourth-order valence-electron chi connectivity index (χ4n) is 2.27. The first kappa shape index (κ1) is 13.0. The Bertz CT molecular complexity index is 394. The number of rotatable bonds is 3. The first-order valence-corrected chi connectivity index (χ1v) is 6.65. The number of piperazine rings is 1. The van der Waals surface area contributed by atoms with Gasteiger partial charge >= 0.3 is 0 Å². The molecule has 98 valence electrons. The molecule has 0 aromatic carbocycles. The molecule has 1 fully saturated rings. The topological polar surface area (TPSA) is 36.4 Å². The largest absolute Gasteiger partial charge is 0.336 e. The van der Waals surface area contributed by atoms with Crippen molar-refractivity contribution in [2.45, 2.75) is 20.3 Å². The standard InChI is InChI=1S/C14H21N3O/c1-3-6-16-7-9-17(10-8-16)14(18)13-5-4-12(2)15-11-13/h4-5,11H,3,6-10H2,1-2H3. The van der Waals surface area contributed by atoms with Crippen molar-refractivity contribution in [2.24, 2.45) is 0 Å². The van der Waals surface area contributed by atoms with E-state index in [9.17, 15) is 4.79 Å². The molecule has 0 aliphatic carbocycles. The average Bonchev–Trinajstić information content (AvgIpc) is 2.40. The number of hydrogen-bond donors (Lipinski definition) is 0. The molecule has 1 aromatic heterocycles. The molecule has 18 heavy (non-hydrogen) atoms. The molecule has 4 nitrogen and oxygen atoms in total. The van der Waals surface area contributed by atoms with Crippen molar-refractivity contribution in [1.82, 2.24) is 14.8 Å². The van der Waals surface area contributed by atoms with E-state index in [0.717, 1.165) is 38.4 Å². The van der Waals surface area contributed by atoms with Crippen molar-refractivity contribution < 1.29 is 4.79 Å². The van der Waals surface area contributed by atoms with Crippen LogP contribution in [0.15, 0.2) is 18.3 Å². The maximum atomic E-state index is 12.2. The molecule has 1 amide bonds. The van der Waals surface area contributed by atoms with Gasteiger partial charge in [-0.05, 0) is 32.0 Å². The van der Waals surface area contributed by atoms with E-state index in [1.54, 1.807) is 6.20 Å². The molecule has 2 heterocycles. The van der Waals surface area contributed by atoms with E-state index >= 15 is 0 Å². The second kappa shape index (κ2) is 5.96. The molecule has 0 atom stereocenters. The molecule has 0 spiro atoms. The Morgan fingerprint density at radius 3 is 2.56 bits per heavy atom. The Balaban J connectivity index is 1.93. The lowest BCUT2D eigenvalue weighted by Crippen LogP contribution is -2.48. The zero-order chi connectivity index (χ0) is 13.0. The van der Waals surface area contributed by atoms with Crippen LogP contribution in [0.3, 0.4) is 0 Å². The van der Waals surface area contributed by atoms with Crippen LogP contribution in [0, 0.1) is 6.92 Å². The van der Waals surface area contributed by atoms with Crippen LogP contribution in [0.4, 0.5) is 0 Å². The van der Waals surface area contributed by atoms with Crippen molar-refractivity contribution in [1.29, 1.82) is 0 Å². The fraction of sp³-hybridized carbons (Fsp3) is 0.571. The van der Waals surface area contributed by atoms with Gasteiger partial charge in [0.15, 0.2) is 0 Å². The maximum Gasteiger partial charge on any atom is 0.255 e. The molecular weight excluding hydrogens is 226 g/mol. The molecule has 0 bridgehead atoms. The molecule has 0 saturated carbocycles. The summed E-state index contributed by atoms with van der Waals surface area (Å²) in [7, 11) is 0. The van der Waals surface area contributed by atoms with Gasteiger partial charge in [0.2, 0.25) is 0 Å². The van der Waals surface area contributed by atoms with E-state index < -0.39 is 0 Å². The highest BCUT2D eigenvalue weighted by molar-refractivity contribution is 5.94. The monoisotopic (exact) mass is 247 g/mol. The SMILES string of the molecule is CCCN1CCN(C(=O)c2ccc(C)nc2)CC1. The molecule has 1 aromatic rings. The molecule has 0 radical (unpaired) electrons. The van der Waals surface area contributed by atoms with Crippen LogP contribution in [0.25, 0.3) is 0 Å². The number of carbonyl (C=O) groups is 1. The summed E-state index contributed by atoms with van der Waals surface area (Å²) in [6.45, 7) is 8.87. The summed E-state index contributed by atoms with van der Waals surface area (Å²) >= 11 is 0. The first-order valence-electron chi connectivity index (χ1n) is 6.65. The van der Waals surface area contributed by atoms with Crippen molar-refractivity contribution in [3.8, 4) is 0 Å². The summed E-state index contributed by atoms with van der Waals surface area (Å²) in [5, 5.41) is 0. The van der Waals surface area contributed by atoms with Crippen LogP contribution in [-0.2, 0) is 0 Å². The van der Waals surface area contributed by atoms with Crippen molar-refractivity contribution in [3.63, 3.8) is 0 Å². The van der Waals surface area contributed by atoms with Gasteiger partial charge in [0, 0.05) is 38.1 Å². The highest BCUT2D eigenvalue weighted by Crippen LogP contribution is 2.08. The molecule has 4 heteroatoms. The summed E-state index contributed by atoms with van der Waals surface area (Å²) in [6, 6.07) is 3.75. The number of nitrogens with zero attached hydrogens (tertiary/aromatic N) is 3. The lowest BCUT2D eigenvalue weighted by molar-refractivity contribution is 0.0637. The lowest BCUT2D eigenvalue weighted by Gasteiger charge is -2.34. The van der Waals surface area contributed by atoms with Gasteiger partial charge in [-0.3, -0.25) is 14.7 Å². The number of aromatic nitrogens is 1. The molecule has 1 saturated heterocycles. The Hall–Kier alpha value is -1.42. The van der Waals surface area contributed by atoms with E-state index in [0.29, 0.717) is 5.56 Å². The summed E-state index contributed by atoms with van der Waals surface area (Å²) in [6.07, 6.45) is 2.85. The third-order valence-corrected chi connectivity index (χ3v) is 3.36. The van der Waals surface area contributed by atoms with Crippen LogP contribution < -0.4 is 0 Å². The first-order chi connectivity index (χ1) is 8.70. The van der Waals surface area contributed by atoms with Crippen LogP contribution in [0.5, 0.6) is 0 Å². The predicted octanol–water partition coefficient (Wildman–Crippen LogP) is 1.56. The van der Waals surface area contributed by atoms with Gasteiger partial charge in [-0.2, -0.15) is 0 Å². The van der Waals surface area contributed by atoms with Crippen molar-refractivity contribution in [3.05, 3.63) is 29.6 Å². The third kappa shape index (κ3) is 3.07. The normalized spacial score (nSPS) is 16.9. The number of pyridine rings is 1. The maximum absolute atomic E-state index is 12.2. The van der Waals surface area contributed by atoms with Gasteiger partial charge in [0.1, 0.15) is 0 Å². The van der Waals surface area contributed by atoms with Gasteiger partial charge in [-0.15, -0.1) is 0 Å². The van der Waals surface area contributed by atoms with Crippen LogP contribution in [0.1, 0.15) is 29.4 Å². The minimum absolute atomic E-state index is 0.110. The van der Waals surface area contributed by atoms with E-state index in [2.05, 4.69) is 16.8 Å². The van der Waals surface area contributed by atoms with Gasteiger partial charge in [0.25, 0.3) is 5.91 Å². The Morgan fingerprint density at radius 2 is 2.00 bits per heavy atom. The van der Waals surface area contributed by atoms with Crippen molar-refractivity contribution in [2.75, 3.05) is 32.7 Å². The van der Waals surface area contributed by atoms with Gasteiger partial charge in [-0.25, -0.2) is 0 Å². The molecule has 0 N–H and O–H groups in total. The lowest BCUT2D eigenvalue weighted by atomic mass is 10.2. The smallest absolute Gasteiger partial charge is 0.255 e. The third-order valence-electron chi connectivity index (χ3n) is 3.36. The highest BCUT2D eigenvalue weighted by atomic mass is 16.2. The van der Waals surface area contributed by atoms with E-state index in [4.69, 9.17) is 0 Å². The van der Waals surface area contributed by atoms with Crippen LogP contribution >= 0.6 is 0 Å². The number of aryl methyl sites for hydroxylation is 1. The second-order valence-corrected chi connectivity index (χ2v) is 4.82. The highest BCUT2D eigenvalue weighted by Gasteiger charge is 2.21. The van der Waals surface area contributed by atoms with Gasteiger partial charge in [0.05, 0.1) is 5.56 Å². The summed E-state index contributed by atoms with van der Waals surface area (Å²) < 4.78 is 0. The number of amides is 1. The zero-order valence-electron chi connectivity index (χ0n) is 11.2. The van der Waals surface area contributed by atoms with E-state index in [-0.39, 0.29) is 5.91 Å². The van der Waals surface area contributed by atoms with E-state index in [1.807, 2.05) is 24.0 Å². The van der Waals surface area contributed by atoms with Crippen LogP contribution in [-0.4, -0.2) is 53.4 Å². The molecular formula is C14H21N3O. The predicted molar refractivity (Wildman–Crippen MR) is 71.6 cm³/mol. The van der Waals surface area contributed by atoms with Crippen molar-refractivity contribution >= 4 is 5.91 Å². The average molecular weight is 247 g/mol. The van der Waals surface area contributed by atoms with Gasteiger partial charge in [-0.1, -0.05) is 6.92 Å². The van der Waals surface area contributed by atoms with E-state index in [1.165, 1.54) is 6.42 Å². The Kier molecular flexibility index (Phi) is 4.31. The molecule has 2 rings (SSSR count). The molecule has 1 aliphatic heterocycles. The molecule has 1 aliphatic rings. The Labute approximate surface area is 109 Å². The summed E-state index contributed by atoms with van der Waals surface area (Å²) in [5.74, 6) is 0.110. The quantitative estimate of drug-likeness (QED) is 0.813. The number of hydrogen-bond acceptors (Lipinski definition) is 3. The summed E-state index contributed by atoms with van der Waals surface area (Å²) in [5.41, 5.74) is 1.64. The second-order valence-electron chi connectivity index (χ2n) is 4.82. The minimum atomic E-state index is 0.110. The van der Waals surface area contributed by atoms with Crippen LogP contribution in [0.2, 0.25) is 0 Å². The minimum Gasteiger partial charge on any atom is -0.336 e. The molecule has 0 unspecified atom stereocenters. The Morgan fingerprint density at radius 1 is 1.28 bits per heavy atom. The zero-order valence-corrected chi connectivity index (χ0v) is 11.2. The van der Waals surface area contributed by atoms with Gasteiger partial charge < -0.3 is 4.90 Å². The summed E-state index contributed by atoms with van der Waals surface area (Å²) in [4.78, 5) is 20.8. The fourth-order valence-corrected chi connectivity index (χ4v) is 2.27.